The minimum atomic E-state index is -0.470. The van der Waals surface area contributed by atoms with Gasteiger partial charge in [-0.2, -0.15) is 9.78 Å². The molecule has 6 nitrogen and oxygen atoms in total. The molecule has 8 heteroatoms. The van der Waals surface area contributed by atoms with Crippen molar-refractivity contribution in [1.29, 1.82) is 0 Å². The lowest BCUT2D eigenvalue weighted by molar-refractivity contribution is 0.105. The van der Waals surface area contributed by atoms with Crippen molar-refractivity contribution >= 4 is 43.5 Å². The number of nitrogens with zero attached hydrogens (tertiary/aromatic N) is 4. The van der Waals surface area contributed by atoms with Crippen LogP contribution in [-0.4, -0.2) is 31.6 Å². The van der Waals surface area contributed by atoms with Gasteiger partial charge in [0.25, 0.3) is 0 Å². The zero-order valence-electron chi connectivity index (χ0n) is 8.79. The maximum Gasteiger partial charge on any atom is 0.242 e. The quantitative estimate of drug-likeness (QED) is 0.288. The minimum Gasteiger partial charge on any atom is -0.409 e. The number of aromatic nitrogens is 3. The van der Waals surface area contributed by atoms with Gasteiger partial charge in [0.15, 0.2) is 0 Å². The van der Waals surface area contributed by atoms with E-state index in [1.165, 1.54) is 12.7 Å². The molecule has 0 fully saturated rings. The van der Waals surface area contributed by atoms with E-state index < -0.39 is 5.78 Å². The Hall–Kier alpha value is -1.54. The molecule has 1 N–H and O–H groups in total. The fourth-order valence-electron chi connectivity index (χ4n) is 1.31. The van der Waals surface area contributed by atoms with Crippen LogP contribution in [0.5, 0.6) is 0 Å². The average molecular weight is 374 g/mol. The summed E-state index contributed by atoms with van der Waals surface area (Å²) in [5, 5.41) is 15.6. The van der Waals surface area contributed by atoms with Crippen LogP contribution in [-0.2, 0) is 0 Å². The SMILES string of the molecule is O=C(/C(=N/O)n1cncn1)c1ccc(Br)cc1Br. The van der Waals surface area contributed by atoms with Crippen molar-refractivity contribution in [2.24, 2.45) is 5.16 Å². The van der Waals surface area contributed by atoms with Crippen molar-refractivity contribution in [1.82, 2.24) is 14.8 Å². The van der Waals surface area contributed by atoms with Crippen LogP contribution in [0.4, 0.5) is 0 Å². The molecular weight excluding hydrogens is 368 g/mol. The smallest absolute Gasteiger partial charge is 0.242 e. The van der Waals surface area contributed by atoms with E-state index in [1.54, 1.807) is 18.2 Å². The fourth-order valence-corrected chi connectivity index (χ4v) is 2.53. The zero-order valence-corrected chi connectivity index (χ0v) is 12.0. The lowest BCUT2D eigenvalue weighted by Crippen LogP contribution is -2.24. The summed E-state index contributed by atoms with van der Waals surface area (Å²) < 4.78 is 2.51. The largest absolute Gasteiger partial charge is 0.409 e. The number of halogens is 2. The molecule has 0 radical (unpaired) electrons. The summed E-state index contributed by atoms with van der Waals surface area (Å²) in [5.41, 5.74) is 0.363. The number of rotatable bonds is 2. The summed E-state index contributed by atoms with van der Waals surface area (Å²) in [6.07, 6.45) is 2.52. The topological polar surface area (TPSA) is 80.4 Å². The molecule has 0 atom stereocenters. The molecule has 0 aliphatic rings. The Morgan fingerprint density at radius 3 is 2.72 bits per heavy atom. The highest BCUT2D eigenvalue weighted by Crippen LogP contribution is 2.22. The van der Waals surface area contributed by atoms with E-state index in [9.17, 15) is 4.79 Å². The lowest BCUT2D eigenvalue weighted by Gasteiger charge is -2.05. The third-order valence-corrected chi connectivity index (χ3v) is 3.26. The number of benzene rings is 1. The lowest BCUT2D eigenvalue weighted by atomic mass is 10.1. The number of Topliss-reactive ketones (excluding diaryl/α,β-unsaturated/α-hetero) is 1. The first-order valence-corrected chi connectivity index (χ1v) is 6.29. The monoisotopic (exact) mass is 372 g/mol. The number of oxime groups is 1. The Labute approximate surface area is 119 Å². The normalized spacial score (nSPS) is 11.6. The summed E-state index contributed by atoms with van der Waals surface area (Å²) in [6.45, 7) is 0. The van der Waals surface area contributed by atoms with Gasteiger partial charge in [0.2, 0.25) is 11.6 Å². The van der Waals surface area contributed by atoms with Gasteiger partial charge in [0.1, 0.15) is 12.7 Å². The molecule has 0 aliphatic heterocycles. The standard InChI is InChI=1S/C10H6Br2N4O2/c11-6-1-2-7(8(12)3-6)9(17)10(15-18)16-5-13-4-14-16/h1-5,18H/b15-10-. The highest BCUT2D eigenvalue weighted by molar-refractivity contribution is 9.11. The molecule has 0 spiro atoms. The third-order valence-electron chi connectivity index (χ3n) is 2.11. The van der Waals surface area contributed by atoms with Crippen molar-refractivity contribution in [3.05, 3.63) is 45.4 Å². The zero-order chi connectivity index (χ0) is 13.1. The van der Waals surface area contributed by atoms with Gasteiger partial charge in [-0.25, -0.2) is 4.98 Å². The van der Waals surface area contributed by atoms with Crippen molar-refractivity contribution in [2.45, 2.75) is 0 Å². The molecule has 0 saturated heterocycles. The molecule has 92 valence electrons. The van der Waals surface area contributed by atoms with E-state index in [-0.39, 0.29) is 5.84 Å². The number of hydrogen-bond donors (Lipinski definition) is 1. The second-order valence-corrected chi connectivity index (χ2v) is 4.99. The Morgan fingerprint density at radius 2 is 2.17 bits per heavy atom. The van der Waals surface area contributed by atoms with E-state index in [2.05, 4.69) is 47.1 Å². The van der Waals surface area contributed by atoms with Crippen molar-refractivity contribution in [2.75, 3.05) is 0 Å². The van der Waals surface area contributed by atoms with Gasteiger partial charge >= 0.3 is 0 Å². The van der Waals surface area contributed by atoms with Crippen molar-refractivity contribution in [3.63, 3.8) is 0 Å². The molecular formula is C10H6Br2N4O2. The second-order valence-electron chi connectivity index (χ2n) is 3.22. The predicted octanol–water partition coefficient (Wildman–Crippen LogP) is 2.32. The van der Waals surface area contributed by atoms with Crippen LogP contribution in [0.2, 0.25) is 0 Å². The van der Waals surface area contributed by atoms with Crippen LogP contribution in [0, 0.1) is 0 Å². The van der Waals surface area contributed by atoms with Crippen LogP contribution in [0.15, 0.2) is 45.0 Å². The van der Waals surface area contributed by atoms with Gasteiger partial charge in [-0.3, -0.25) is 4.79 Å². The molecule has 1 aromatic heterocycles. The molecule has 0 bridgehead atoms. The predicted molar refractivity (Wildman–Crippen MR) is 70.8 cm³/mol. The Morgan fingerprint density at radius 1 is 1.39 bits per heavy atom. The summed E-state index contributed by atoms with van der Waals surface area (Å²) in [7, 11) is 0. The molecule has 1 aromatic carbocycles. The highest BCUT2D eigenvalue weighted by atomic mass is 79.9. The van der Waals surface area contributed by atoms with Gasteiger partial charge in [-0.05, 0) is 34.1 Å². The molecule has 0 saturated carbocycles. The fraction of sp³-hybridized carbons (Fsp3) is 0. The van der Waals surface area contributed by atoms with Crippen LogP contribution in [0.25, 0.3) is 0 Å². The molecule has 0 aliphatic carbocycles. The highest BCUT2D eigenvalue weighted by Gasteiger charge is 2.20. The van der Waals surface area contributed by atoms with Gasteiger partial charge < -0.3 is 5.21 Å². The molecule has 0 unspecified atom stereocenters. The number of carbonyl (C=O) groups is 1. The van der Waals surface area contributed by atoms with Gasteiger partial charge in [0.05, 0.1) is 0 Å². The van der Waals surface area contributed by atoms with E-state index in [4.69, 9.17) is 5.21 Å². The van der Waals surface area contributed by atoms with Crippen LogP contribution >= 0.6 is 31.9 Å². The first kappa shape index (κ1) is 12.9. The first-order chi connectivity index (χ1) is 8.63. The molecule has 2 aromatic rings. The van der Waals surface area contributed by atoms with Crippen LogP contribution < -0.4 is 0 Å². The van der Waals surface area contributed by atoms with Crippen molar-refractivity contribution < 1.29 is 10.0 Å². The Kier molecular flexibility index (Phi) is 3.87. The van der Waals surface area contributed by atoms with Gasteiger partial charge in [-0.15, -0.1) is 0 Å². The number of ketones is 1. The number of carbonyl (C=O) groups excluding carboxylic acids is 1. The first-order valence-electron chi connectivity index (χ1n) is 4.70. The van der Waals surface area contributed by atoms with Gasteiger partial charge in [0, 0.05) is 14.5 Å². The average Bonchev–Trinajstić information content (AvgIpc) is 2.83. The van der Waals surface area contributed by atoms with E-state index >= 15 is 0 Å². The maximum absolute atomic E-state index is 12.2. The minimum absolute atomic E-state index is 0.226. The summed E-state index contributed by atoms with van der Waals surface area (Å²) in [4.78, 5) is 15.9. The van der Waals surface area contributed by atoms with Crippen LogP contribution in [0.1, 0.15) is 10.4 Å². The van der Waals surface area contributed by atoms with E-state index in [1.807, 2.05) is 0 Å². The van der Waals surface area contributed by atoms with E-state index in [0.717, 1.165) is 9.15 Å². The van der Waals surface area contributed by atoms with E-state index in [0.29, 0.717) is 10.0 Å². The van der Waals surface area contributed by atoms with Crippen molar-refractivity contribution in [3.8, 4) is 0 Å². The summed E-state index contributed by atoms with van der Waals surface area (Å²) >= 11 is 6.57. The van der Waals surface area contributed by atoms with Gasteiger partial charge in [-0.1, -0.05) is 21.1 Å². The Bertz CT molecular complexity index is 610. The third kappa shape index (κ3) is 2.49. The number of hydrogen-bond acceptors (Lipinski definition) is 5. The van der Waals surface area contributed by atoms with Crippen LogP contribution in [0.3, 0.4) is 0 Å². The summed E-state index contributed by atoms with van der Waals surface area (Å²) in [6, 6.07) is 5.05. The Balaban J connectivity index is 2.42. The molecule has 1 heterocycles. The second kappa shape index (κ2) is 5.40. The molecule has 0 amide bonds. The molecule has 2 rings (SSSR count). The maximum atomic E-state index is 12.2. The molecule has 18 heavy (non-hydrogen) atoms. The summed E-state index contributed by atoms with van der Waals surface area (Å²) in [5.74, 6) is -0.696.